The number of halogens is 1. The first kappa shape index (κ1) is 16.0. The highest BCUT2D eigenvalue weighted by atomic mass is 79.9. The number of carbonyl (C=O) groups excluding carboxylic acids is 1. The van der Waals surface area contributed by atoms with E-state index < -0.39 is 0 Å². The summed E-state index contributed by atoms with van der Waals surface area (Å²) >= 11 is 3.63. The summed E-state index contributed by atoms with van der Waals surface area (Å²) in [7, 11) is 0. The van der Waals surface area contributed by atoms with Gasteiger partial charge in [0.2, 0.25) is 0 Å². The highest BCUT2D eigenvalue weighted by Gasteiger charge is 2.02. The SMILES string of the molecule is CCOC(=O)CCCCCCCC(Br)CC. The van der Waals surface area contributed by atoms with Gasteiger partial charge in [-0.2, -0.15) is 0 Å². The average molecular weight is 293 g/mol. The molecule has 0 saturated heterocycles. The molecule has 96 valence electrons. The Morgan fingerprint density at radius 2 is 1.75 bits per heavy atom. The number of carbonyl (C=O) groups is 1. The van der Waals surface area contributed by atoms with Gasteiger partial charge in [0, 0.05) is 11.2 Å². The third-order valence-electron chi connectivity index (χ3n) is 2.65. The molecular formula is C13H25BrO2. The fourth-order valence-corrected chi connectivity index (χ4v) is 1.93. The predicted octanol–water partition coefficient (Wildman–Crippen LogP) is 4.45. The molecule has 16 heavy (non-hydrogen) atoms. The Hall–Kier alpha value is -0.0500. The van der Waals surface area contributed by atoms with Crippen molar-refractivity contribution in [3.8, 4) is 0 Å². The fourth-order valence-electron chi connectivity index (χ4n) is 1.60. The van der Waals surface area contributed by atoms with Crippen molar-refractivity contribution in [3.63, 3.8) is 0 Å². The quantitative estimate of drug-likeness (QED) is 0.338. The zero-order valence-electron chi connectivity index (χ0n) is 10.6. The van der Waals surface area contributed by atoms with Crippen molar-refractivity contribution in [1.82, 2.24) is 0 Å². The molecule has 0 amide bonds. The average Bonchev–Trinajstić information content (AvgIpc) is 2.27. The van der Waals surface area contributed by atoms with Crippen molar-refractivity contribution in [2.45, 2.75) is 70.0 Å². The second-order valence-electron chi connectivity index (χ2n) is 4.12. The van der Waals surface area contributed by atoms with E-state index in [0.29, 0.717) is 17.9 Å². The first-order valence-electron chi connectivity index (χ1n) is 6.50. The zero-order chi connectivity index (χ0) is 12.2. The Morgan fingerprint density at radius 3 is 2.38 bits per heavy atom. The molecule has 0 bridgehead atoms. The lowest BCUT2D eigenvalue weighted by molar-refractivity contribution is -0.143. The molecule has 0 saturated carbocycles. The number of ether oxygens (including phenoxy) is 1. The molecule has 0 radical (unpaired) electrons. The molecule has 1 unspecified atom stereocenters. The maximum absolute atomic E-state index is 11.0. The molecule has 0 aromatic heterocycles. The minimum absolute atomic E-state index is 0.0472. The van der Waals surface area contributed by atoms with Crippen LogP contribution in [0.4, 0.5) is 0 Å². The first-order chi connectivity index (χ1) is 7.70. The minimum atomic E-state index is -0.0472. The summed E-state index contributed by atoms with van der Waals surface area (Å²) in [6, 6.07) is 0. The van der Waals surface area contributed by atoms with Crippen LogP contribution in [0, 0.1) is 0 Å². The molecule has 0 fully saturated rings. The third-order valence-corrected chi connectivity index (χ3v) is 3.75. The highest BCUT2D eigenvalue weighted by molar-refractivity contribution is 9.09. The van der Waals surface area contributed by atoms with Crippen molar-refractivity contribution >= 4 is 21.9 Å². The van der Waals surface area contributed by atoms with E-state index >= 15 is 0 Å². The second-order valence-corrected chi connectivity index (χ2v) is 5.41. The summed E-state index contributed by atoms with van der Waals surface area (Å²) < 4.78 is 4.87. The standard InChI is InChI=1S/C13H25BrO2/c1-3-12(14)10-8-6-5-7-9-11-13(15)16-4-2/h12H,3-11H2,1-2H3. The number of unbranched alkanes of at least 4 members (excludes halogenated alkanes) is 4. The van der Waals surface area contributed by atoms with E-state index in [1.54, 1.807) is 0 Å². The molecule has 0 N–H and O–H groups in total. The van der Waals surface area contributed by atoms with E-state index in [-0.39, 0.29) is 5.97 Å². The van der Waals surface area contributed by atoms with Crippen LogP contribution in [0.2, 0.25) is 0 Å². The number of hydrogen-bond acceptors (Lipinski definition) is 2. The van der Waals surface area contributed by atoms with Gasteiger partial charge in [0.05, 0.1) is 6.61 Å². The van der Waals surface area contributed by atoms with Gasteiger partial charge in [0.25, 0.3) is 0 Å². The van der Waals surface area contributed by atoms with Crippen LogP contribution < -0.4 is 0 Å². The Balaban J connectivity index is 3.12. The van der Waals surface area contributed by atoms with Crippen molar-refractivity contribution in [2.75, 3.05) is 6.61 Å². The van der Waals surface area contributed by atoms with Crippen molar-refractivity contribution < 1.29 is 9.53 Å². The third kappa shape index (κ3) is 10.5. The lowest BCUT2D eigenvalue weighted by Crippen LogP contribution is -2.03. The first-order valence-corrected chi connectivity index (χ1v) is 7.42. The van der Waals surface area contributed by atoms with Crippen LogP contribution in [0.25, 0.3) is 0 Å². The summed E-state index contributed by atoms with van der Waals surface area (Å²) in [6.45, 7) is 4.56. The minimum Gasteiger partial charge on any atom is -0.466 e. The summed E-state index contributed by atoms with van der Waals surface area (Å²) in [5, 5.41) is 0. The van der Waals surface area contributed by atoms with Crippen LogP contribution in [0.15, 0.2) is 0 Å². The van der Waals surface area contributed by atoms with Gasteiger partial charge in [0.1, 0.15) is 0 Å². The molecule has 2 nitrogen and oxygen atoms in total. The molecule has 0 heterocycles. The Morgan fingerprint density at radius 1 is 1.12 bits per heavy atom. The maximum atomic E-state index is 11.0. The lowest BCUT2D eigenvalue weighted by Gasteiger charge is -2.06. The molecule has 0 aliphatic carbocycles. The van der Waals surface area contributed by atoms with E-state index in [4.69, 9.17) is 4.74 Å². The predicted molar refractivity (Wildman–Crippen MR) is 72.0 cm³/mol. The maximum Gasteiger partial charge on any atom is 0.305 e. The van der Waals surface area contributed by atoms with E-state index in [1.807, 2.05) is 6.92 Å². The molecule has 0 aliphatic heterocycles. The normalized spacial score (nSPS) is 12.4. The smallest absolute Gasteiger partial charge is 0.305 e. The molecule has 3 heteroatoms. The summed E-state index contributed by atoms with van der Waals surface area (Å²) in [5.74, 6) is -0.0472. The number of rotatable bonds is 10. The van der Waals surface area contributed by atoms with Gasteiger partial charge in [-0.1, -0.05) is 48.5 Å². The molecule has 0 aliphatic rings. The van der Waals surface area contributed by atoms with Gasteiger partial charge < -0.3 is 4.74 Å². The van der Waals surface area contributed by atoms with E-state index in [2.05, 4.69) is 22.9 Å². The fraction of sp³-hybridized carbons (Fsp3) is 0.923. The van der Waals surface area contributed by atoms with Crippen molar-refractivity contribution in [1.29, 1.82) is 0 Å². The Bertz CT molecular complexity index is 171. The van der Waals surface area contributed by atoms with Gasteiger partial charge in [0.15, 0.2) is 0 Å². The van der Waals surface area contributed by atoms with Gasteiger partial charge in [-0.15, -0.1) is 0 Å². The number of hydrogen-bond donors (Lipinski definition) is 0. The molecular weight excluding hydrogens is 268 g/mol. The molecule has 0 aromatic carbocycles. The summed E-state index contributed by atoms with van der Waals surface area (Å²) in [4.78, 5) is 11.7. The topological polar surface area (TPSA) is 26.3 Å². The van der Waals surface area contributed by atoms with Crippen LogP contribution in [-0.4, -0.2) is 17.4 Å². The van der Waals surface area contributed by atoms with E-state index in [9.17, 15) is 4.79 Å². The van der Waals surface area contributed by atoms with Gasteiger partial charge in [-0.25, -0.2) is 0 Å². The summed E-state index contributed by atoms with van der Waals surface area (Å²) in [5.41, 5.74) is 0. The Labute approximate surface area is 108 Å². The summed E-state index contributed by atoms with van der Waals surface area (Å²) in [6.07, 6.45) is 9.01. The van der Waals surface area contributed by atoms with Gasteiger partial charge >= 0.3 is 5.97 Å². The lowest BCUT2D eigenvalue weighted by atomic mass is 10.1. The second kappa shape index (κ2) is 11.4. The molecule has 0 spiro atoms. The highest BCUT2D eigenvalue weighted by Crippen LogP contribution is 2.15. The van der Waals surface area contributed by atoms with Crippen molar-refractivity contribution in [2.24, 2.45) is 0 Å². The van der Waals surface area contributed by atoms with Crippen molar-refractivity contribution in [3.05, 3.63) is 0 Å². The van der Waals surface area contributed by atoms with Crippen LogP contribution in [0.5, 0.6) is 0 Å². The van der Waals surface area contributed by atoms with Crippen LogP contribution in [0.1, 0.15) is 65.2 Å². The molecule has 0 rings (SSSR count). The molecule has 1 atom stereocenters. The largest absolute Gasteiger partial charge is 0.466 e. The number of esters is 1. The van der Waals surface area contributed by atoms with Crippen LogP contribution in [0.3, 0.4) is 0 Å². The zero-order valence-corrected chi connectivity index (χ0v) is 12.2. The van der Waals surface area contributed by atoms with Crippen LogP contribution >= 0.6 is 15.9 Å². The van der Waals surface area contributed by atoms with E-state index in [0.717, 1.165) is 12.8 Å². The van der Waals surface area contributed by atoms with E-state index in [1.165, 1.54) is 32.1 Å². The number of alkyl halides is 1. The molecule has 0 aromatic rings. The van der Waals surface area contributed by atoms with Gasteiger partial charge in [-0.3, -0.25) is 4.79 Å². The van der Waals surface area contributed by atoms with Crippen LogP contribution in [-0.2, 0) is 9.53 Å². The Kier molecular flexibility index (Phi) is 11.4. The monoisotopic (exact) mass is 292 g/mol. The van der Waals surface area contributed by atoms with Gasteiger partial charge in [-0.05, 0) is 26.2 Å².